The van der Waals surface area contributed by atoms with E-state index in [1.165, 1.54) is 19.2 Å². The molecule has 1 fully saturated rings. The zero-order chi connectivity index (χ0) is 22.1. The maximum atomic E-state index is 12.8. The average molecular weight is 422 g/mol. The van der Waals surface area contributed by atoms with Crippen molar-refractivity contribution in [3.8, 4) is 11.5 Å². The Balaban J connectivity index is 2.02. The molecule has 0 bridgehead atoms. The second-order valence-corrected chi connectivity index (χ2v) is 7.08. The number of nitrogens with zero attached hydrogens (tertiary/aromatic N) is 2. The maximum Gasteiger partial charge on any atom is 0.286 e. The molecule has 2 N–H and O–H groups in total. The predicted molar refractivity (Wildman–Crippen MR) is 111 cm³/mol. The van der Waals surface area contributed by atoms with Gasteiger partial charge in [0.05, 0.1) is 31.3 Å². The van der Waals surface area contributed by atoms with Gasteiger partial charge in [0.15, 0.2) is 11.5 Å². The molecule has 10 heteroatoms. The molecule has 30 heavy (non-hydrogen) atoms. The zero-order valence-electron chi connectivity index (χ0n) is 17.7. The Morgan fingerprint density at radius 2 is 1.93 bits per heavy atom. The van der Waals surface area contributed by atoms with E-state index in [0.717, 1.165) is 6.42 Å². The minimum Gasteiger partial charge on any atom is -0.493 e. The number of methoxy groups -OCH3 is 1. The van der Waals surface area contributed by atoms with Crippen LogP contribution in [0.2, 0.25) is 0 Å². The molecular weight excluding hydrogens is 392 g/mol. The van der Waals surface area contributed by atoms with Crippen molar-refractivity contribution in [3.63, 3.8) is 0 Å². The number of amides is 2. The monoisotopic (exact) mass is 422 g/mol. The van der Waals surface area contributed by atoms with Crippen LogP contribution in [0.4, 0.5) is 5.69 Å². The molecule has 1 aromatic rings. The molecule has 2 rings (SSSR count). The van der Waals surface area contributed by atoms with E-state index in [-0.39, 0.29) is 34.7 Å². The Morgan fingerprint density at radius 1 is 1.23 bits per heavy atom. The number of piperidine rings is 1. The Kier molecular flexibility index (Phi) is 8.85. The van der Waals surface area contributed by atoms with Crippen LogP contribution < -0.4 is 20.1 Å². The van der Waals surface area contributed by atoms with Crippen molar-refractivity contribution in [2.24, 2.45) is 0 Å². The lowest BCUT2D eigenvalue weighted by Gasteiger charge is -2.31. The standard InChI is InChI=1S/C20H30N4O6/c1-4-8-21-19(25)13-23-9-6-14(7-10-23)22-20(26)15-11-18(30-5-2)17(29-3)12-16(15)24(27)28/h11-12,14H,4-10,13H2,1-3H3,(H,21,25)(H,22,26). The molecule has 166 valence electrons. The fourth-order valence-corrected chi connectivity index (χ4v) is 3.33. The van der Waals surface area contributed by atoms with E-state index < -0.39 is 10.8 Å². The number of nitro benzene ring substituents is 1. The van der Waals surface area contributed by atoms with E-state index in [0.29, 0.717) is 45.6 Å². The molecule has 10 nitrogen and oxygen atoms in total. The van der Waals surface area contributed by atoms with Gasteiger partial charge in [-0.25, -0.2) is 0 Å². The summed E-state index contributed by atoms with van der Waals surface area (Å²) < 4.78 is 10.6. The molecule has 1 aliphatic rings. The van der Waals surface area contributed by atoms with Crippen molar-refractivity contribution in [2.45, 2.75) is 39.2 Å². The third-order valence-electron chi connectivity index (χ3n) is 4.89. The predicted octanol–water partition coefficient (Wildman–Crippen LogP) is 1.72. The van der Waals surface area contributed by atoms with Gasteiger partial charge in [-0.1, -0.05) is 6.92 Å². The molecule has 0 atom stereocenters. The molecular formula is C20H30N4O6. The van der Waals surface area contributed by atoms with Crippen LogP contribution in [0.15, 0.2) is 12.1 Å². The van der Waals surface area contributed by atoms with Crippen LogP contribution in [0.1, 0.15) is 43.5 Å². The summed E-state index contributed by atoms with van der Waals surface area (Å²) in [5, 5.41) is 17.2. The maximum absolute atomic E-state index is 12.8. The van der Waals surface area contributed by atoms with E-state index in [2.05, 4.69) is 10.6 Å². The molecule has 1 heterocycles. The van der Waals surface area contributed by atoms with Crippen molar-refractivity contribution in [1.82, 2.24) is 15.5 Å². The van der Waals surface area contributed by atoms with E-state index in [1.54, 1.807) is 6.92 Å². The first-order chi connectivity index (χ1) is 14.4. The lowest BCUT2D eigenvalue weighted by atomic mass is 10.0. The highest BCUT2D eigenvalue weighted by Crippen LogP contribution is 2.34. The van der Waals surface area contributed by atoms with Crippen LogP contribution in [0.3, 0.4) is 0 Å². The quantitative estimate of drug-likeness (QED) is 0.435. The average Bonchev–Trinajstić information content (AvgIpc) is 2.73. The molecule has 0 saturated carbocycles. The first-order valence-corrected chi connectivity index (χ1v) is 10.2. The van der Waals surface area contributed by atoms with Gasteiger partial charge in [-0.2, -0.15) is 0 Å². The Bertz CT molecular complexity index is 762. The van der Waals surface area contributed by atoms with Crippen LogP contribution in [-0.2, 0) is 4.79 Å². The molecule has 0 aliphatic carbocycles. The number of carbonyl (C=O) groups excluding carboxylic acids is 2. The molecule has 0 aromatic heterocycles. The fraction of sp³-hybridized carbons (Fsp3) is 0.600. The van der Waals surface area contributed by atoms with Crippen LogP contribution in [-0.4, -0.2) is 67.6 Å². The number of benzene rings is 1. The zero-order valence-corrected chi connectivity index (χ0v) is 17.7. The number of hydrogen-bond acceptors (Lipinski definition) is 7. The molecule has 1 aliphatic heterocycles. The van der Waals surface area contributed by atoms with Gasteiger partial charge in [0.2, 0.25) is 5.91 Å². The van der Waals surface area contributed by atoms with Crippen molar-refractivity contribution in [3.05, 3.63) is 27.8 Å². The van der Waals surface area contributed by atoms with Crippen LogP contribution in [0.5, 0.6) is 11.5 Å². The van der Waals surface area contributed by atoms with Crippen molar-refractivity contribution >= 4 is 17.5 Å². The lowest BCUT2D eigenvalue weighted by Crippen LogP contribution is -2.47. The van der Waals surface area contributed by atoms with E-state index in [1.807, 2.05) is 11.8 Å². The lowest BCUT2D eigenvalue weighted by molar-refractivity contribution is -0.385. The number of hydrogen-bond donors (Lipinski definition) is 2. The highest BCUT2D eigenvalue weighted by Gasteiger charge is 2.28. The smallest absolute Gasteiger partial charge is 0.286 e. The van der Waals surface area contributed by atoms with Gasteiger partial charge in [-0.3, -0.25) is 24.6 Å². The largest absolute Gasteiger partial charge is 0.493 e. The second-order valence-electron chi connectivity index (χ2n) is 7.08. The molecule has 1 aromatic carbocycles. The third-order valence-corrected chi connectivity index (χ3v) is 4.89. The number of likely N-dealkylation sites (tertiary alicyclic amines) is 1. The molecule has 1 saturated heterocycles. The summed E-state index contributed by atoms with van der Waals surface area (Å²) in [5.41, 5.74) is -0.400. The van der Waals surface area contributed by atoms with Crippen LogP contribution in [0, 0.1) is 10.1 Å². The first-order valence-electron chi connectivity index (χ1n) is 10.2. The topological polar surface area (TPSA) is 123 Å². The van der Waals surface area contributed by atoms with Crippen molar-refractivity contribution in [1.29, 1.82) is 0 Å². The van der Waals surface area contributed by atoms with Crippen molar-refractivity contribution in [2.75, 3.05) is 39.9 Å². The van der Waals surface area contributed by atoms with Gasteiger partial charge < -0.3 is 20.1 Å². The summed E-state index contributed by atoms with van der Waals surface area (Å²) in [4.78, 5) is 37.5. The minimum atomic E-state index is -0.606. The SMILES string of the molecule is CCCNC(=O)CN1CCC(NC(=O)c2cc(OCC)c(OC)cc2[N+](=O)[O-])CC1. The number of nitrogens with one attached hydrogen (secondary N) is 2. The highest BCUT2D eigenvalue weighted by molar-refractivity contribution is 5.99. The Morgan fingerprint density at radius 3 is 2.50 bits per heavy atom. The number of nitro groups is 1. The normalized spacial score (nSPS) is 14.8. The Labute approximate surface area is 176 Å². The summed E-state index contributed by atoms with van der Waals surface area (Å²) in [6.45, 7) is 6.44. The third kappa shape index (κ3) is 6.31. The first kappa shape index (κ1) is 23.4. The molecule has 0 spiro atoms. The number of rotatable bonds is 10. The van der Waals surface area contributed by atoms with E-state index in [4.69, 9.17) is 9.47 Å². The highest BCUT2D eigenvalue weighted by atomic mass is 16.6. The fourth-order valence-electron chi connectivity index (χ4n) is 3.33. The van der Waals surface area contributed by atoms with E-state index in [9.17, 15) is 19.7 Å². The molecule has 0 unspecified atom stereocenters. The van der Waals surface area contributed by atoms with Gasteiger partial charge in [-0.05, 0) is 26.2 Å². The summed E-state index contributed by atoms with van der Waals surface area (Å²) in [7, 11) is 1.39. The van der Waals surface area contributed by atoms with E-state index >= 15 is 0 Å². The Hall–Kier alpha value is -2.88. The summed E-state index contributed by atoms with van der Waals surface area (Å²) in [6, 6.07) is 2.44. The van der Waals surface area contributed by atoms with Gasteiger partial charge in [-0.15, -0.1) is 0 Å². The minimum absolute atomic E-state index is 0.00310. The van der Waals surface area contributed by atoms with Crippen LogP contribution in [0.25, 0.3) is 0 Å². The molecule has 0 radical (unpaired) electrons. The summed E-state index contributed by atoms with van der Waals surface area (Å²) in [5.74, 6) is -0.0421. The van der Waals surface area contributed by atoms with Crippen molar-refractivity contribution < 1.29 is 24.0 Å². The second kappa shape index (κ2) is 11.3. The van der Waals surface area contributed by atoms with Gasteiger partial charge in [0.25, 0.3) is 11.6 Å². The van der Waals surface area contributed by atoms with Gasteiger partial charge >= 0.3 is 0 Å². The van der Waals surface area contributed by atoms with Gasteiger partial charge in [0, 0.05) is 31.7 Å². The summed E-state index contributed by atoms with van der Waals surface area (Å²) in [6.07, 6.45) is 2.21. The summed E-state index contributed by atoms with van der Waals surface area (Å²) >= 11 is 0. The molecule has 2 amide bonds. The number of ether oxygens (including phenoxy) is 2. The number of carbonyl (C=O) groups is 2. The van der Waals surface area contributed by atoms with Gasteiger partial charge in [0.1, 0.15) is 5.56 Å². The van der Waals surface area contributed by atoms with Crippen LogP contribution >= 0.6 is 0 Å².